The van der Waals surface area contributed by atoms with Gasteiger partial charge in [0.05, 0.1) is 15.6 Å². The second-order valence-corrected chi connectivity index (χ2v) is 9.31. The van der Waals surface area contributed by atoms with Gasteiger partial charge in [-0.2, -0.15) is 4.31 Å². The maximum absolute atomic E-state index is 13.0. The van der Waals surface area contributed by atoms with Crippen molar-refractivity contribution in [3.8, 4) is 5.82 Å². The topological polar surface area (TPSA) is 88.4 Å². The fourth-order valence-corrected chi connectivity index (χ4v) is 5.75. The lowest BCUT2D eigenvalue weighted by Crippen LogP contribution is -2.50. The third kappa shape index (κ3) is 3.93. The second kappa shape index (κ2) is 8.35. The van der Waals surface area contributed by atoms with E-state index in [1.54, 1.807) is 46.4 Å². The van der Waals surface area contributed by atoms with E-state index in [1.165, 1.54) is 22.6 Å². The van der Waals surface area contributed by atoms with Crippen LogP contribution in [0, 0.1) is 0 Å². The highest BCUT2D eigenvalue weighted by molar-refractivity contribution is 7.89. The largest absolute Gasteiger partial charge is 0.336 e. The summed E-state index contributed by atoms with van der Waals surface area (Å²) in [5.41, 5.74) is 0.435. The number of hydrogen-bond acceptors (Lipinski definition) is 5. The Hall–Kier alpha value is -2.46. The molecular formula is C19H17Cl2N5O3S. The summed E-state index contributed by atoms with van der Waals surface area (Å²) in [6.07, 6.45) is 6.53. The van der Waals surface area contributed by atoms with Crippen LogP contribution in [0.4, 0.5) is 0 Å². The van der Waals surface area contributed by atoms with Crippen molar-refractivity contribution >= 4 is 39.1 Å². The number of amides is 1. The van der Waals surface area contributed by atoms with Crippen LogP contribution in [0.5, 0.6) is 0 Å². The molecule has 0 aliphatic carbocycles. The van der Waals surface area contributed by atoms with Gasteiger partial charge >= 0.3 is 0 Å². The van der Waals surface area contributed by atoms with Crippen molar-refractivity contribution in [2.45, 2.75) is 4.90 Å². The molecule has 0 radical (unpaired) electrons. The average molecular weight is 466 g/mol. The number of hydrogen-bond donors (Lipinski definition) is 0. The summed E-state index contributed by atoms with van der Waals surface area (Å²) >= 11 is 12.1. The van der Waals surface area contributed by atoms with Crippen LogP contribution in [0.1, 0.15) is 10.4 Å². The normalized spacial score (nSPS) is 15.3. The molecule has 156 valence electrons. The van der Waals surface area contributed by atoms with E-state index < -0.39 is 10.0 Å². The highest BCUT2D eigenvalue weighted by atomic mass is 35.5. The molecule has 11 heteroatoms. The summed E-state index contributed by atoms with van der Waals surface area (Å²) in [4.78, 5) is 22.5. The van der Waals surface area contributed by atoms with Gasteiger partial charge in [-0.3, -0.25) is 9.36 Å². The maximum atomic E-state index is 13.0. The van der Waals surface area contributed by atoms with Gasteiger partial charge in [-0.1, -0.05) is 29.3 Å². The van der Waals surface area contributed by atoms with Gasteiger partial charge in [0, 0.05) is 44.8 Å². The Morgan fingerprint density at radius 3 is 2.27 bits per heavy atom. The number of carbonyl (C=O) groups is 1. The Bertz CT molecular complexity index is 1140. The van der Waals surface area contributed by atoms with E-state index in [1.807, 2.05) is 0 Å². The van der Waals surface area contributed by atoms with Crippen molar-refractivity contribution in [3.63, 3.8) is 0 Å². The third-order valence-corrected chi connectivity index (χ3v) is 7.66. The Balaban J connectivity index is 1.45. The van der Waals surface area contributed by atoms with Crippen molar-refractivity contribution in [2.75, 3.05) is 26.2 Å². The molecule has 1 amide bonds. The first kappa shape index (κ1) is 20.8. The highest BCUT2D eigenvalue weighted by Gasteiger charge is 2.33. The van der Waals surface area contributed by atoms with E-state index in [0.29, 0.717) is 11.4 Å². The van der Waals surface area contributed by atoms with Crippen molar-refractivity contribution in [2.24, 2.45) is 0 Å². The fraction of sp³-hybridized carbons (Fsp3) is 0.211. The summed E-state index contributed by atoms with van der Waals surface area (Å²) in [6.45, 7) is 0.805. The number of rotatable bonds is 4. The minimum Gasteiger partial charge on any atom is -0.336 e. The summed E-state index contributed by atoms with van der Waals surface area (Å²) < 4.78 is 29.0. The van der Waals surface area contributed by atoms with Gasteiger partial charge in [-0.15, -0.1) is 0 Å². The minimum absolute atomic E-state index is 0.0741. The van der Waals surface area contributed by atoms with Crippen molar-refractivity contribution < 1.29 is 13.2 Å². The standard InChI is InChI=1S/C19H17Cl2N5O3S/c20-15-2-1-3-16(21)18(15)30(28,29)26-10-8-24(9-11-26)19(27)14-4-5-17(23-12-14)25-7-6-22-13-25/h1-7,12-13H,8-11H2. The molecule has 0 N–H and O–H groups in total. The van der Waals surface area contributed by atoms with Crippen LogP contribution in [-0.4, -0.2) is 64.2 Å². The lowest BCUT2D eigenvalue weighted by atomic mass is 10.2. The Morgan fingerprint density at radius 1 is 1.00 bits per heavy atom. The first-order chi connectivity index (χ1) is 14.4. The van der Waals surface area contributed by atoms with E-state index in [2.05, 4.69) is 9.97 Å². The fourth-order valence-electron chi connectivity index (χ4n) is 3.23. The third-order valence-electron chi connectivity index (χ3n) is 4.81. The molecule has 1 fully saturated rings. The summed E-state index contributed by atoms with van der Waals surface area (Å²) in [5.74, 6) is 0.448. The molecule has 0 unspecified atom stereocenters. The molecular weight excluding hydrogens is 449 g/mol. The predicted octanol–water partition coefficient (Wildman–Crippen LogP) is 2.72. The van der Waals surface area contributed by atoms with Crippen molar-refractivity contribution in [1.82, 2.24) is 23.7 Å². The zero-order valence-corrected chi connectivity index (χ0v) is 18.0. The molecule has 1 aliphatic rings. The lowest BCUT2D eigenvalue weighted by Gasteiger charge is -2.34. The minimum atomic E-state index is -3.86. The SMILES string of the molecule is O=C(c1ccc(-n2ccnc2)nc1)N1CCN(S(=O)(=O)c2c(Cl)cccc2Cl)CC1. The number of aromatic nitrogens is 3. The average Bonchev–Trinajstić information content (AvgIpc) is 3.28. The summed E-state index contributed by atoms with van der Waals surface area (Å²) in [5, 5.41) is 0.148. The van der Waals surface area contributed by atoms with Crippen LogP contribution < -0.4 is 0 Å². The number of sulfonamides is 1. The van der Waals surface area contributed by atoms with Gasteiger partial charge in [-0.05, 0) is 24.3 Å². The van der Waals surface area contributed by atoms with Gasteiger partial charge in [-0.25, -0.2) is 18.4 Å². The van der Waals surface area contributed by atoms with Gasteiger partial charge in [0.1, 0.15) is 17.0 Å². The molecule has 1 aliphatic heterocycles. The molecule has 0 bridgehead atoms. The Labute approximate surface area is 183 Å². The van der Waals surface area contributed by atoms with Gasteiger partial charge in [0.15, 0.2) is 0 Å². The molecule has 8 nitrogen and oxygen atoms in total. The monoisotopic (exact) mass is 465 g/mol. The van der Waals surface area contributed by atoms with E-state index in [-0.39, 0.29) is 47.0 Å². The van der Waals surface area contributed by atoms with Crippen molar-refractivity contribution in [1.29, 1.82) is 0 Å². The van der Waals surface area contributed by atoms with Crippen LogP contribution >= 0.6 is 23.2 Å². The van der Waals surface area contributed by atoms with Crippen LogP contribution in [-0.2, 0) is 10.0 Å². The van der Waals surface area contributed by atoms with Gasteiger partial charge < -0.3 is 4.90 Å². The number of benzene rings is 1. The molecule has 3 aromatic rings. The molecule has 30 heavy (non-hydrogen) atoms. The van der Waals surface area contributed by atoms with Crippen molar-refractivity contribution in [3.05, 3.63) is 70.9 Å². The number of piperazine rings is 1. The quantitative estimate of drug-likeness (QED) is 0.590. The summed E-state index contributed by atoms with van der Waals surface area (Å²) in [7, 11) is -3.86. The zero-order chi connectivity index (χ0) is 21.3. The van der Waals surface area contributed by atoms with E-state index in [4.69, 9.17) is 23.2 Å². The van der Waals surface area contributed by atoms with Crippen LogP contribution in [0.3, 0.4) is 0 Å². The molecule has 0 saturated carbocycles. The molecule has 4 rings (SSSR count). The van der Waals surface area contributed by atoms with E-state index in [0.717, 1.165) is 0 Å². The number of pyridine rings is 1. The number of halogens is 2. The lowest BCUT2D eigenvalue weighted by molar-refractivity contribution is 0.0697. The van der Waals surface area contributed by atoms with E-state index >= 15 is 0 Å². The molecule has 3 heterocycles. The smallest absolute Gasteiger partial charge is 0.255 e. The van der Waals surface area contributed by atoms with Crippen LogP contribution in [0.15, 0.2) is 60.1 Å². The molecule has 0 spiro atoms. The first-order valence-electron chi connectivity index (χ1n) is 9.06. The second-order valence-electron chi connectivity index (χ2n) is 6.62. The predicted molar refractivity (Wildman–Crippen MR) is 112 cm³/mol. The molecule has 1 aromatic carbocycles. The van der Waals surface area contributed by atoms with Crippen LogP contribution in [0.25, 0.3) is 5.82 Å². The Morgan fingerprint density at radius 2 is 1.70 bits per heavy atom. The molecule has 2 aromatic heterocycles. The van der Waals surface area contributed by atoms with Gasteiger partial charge in [0.2, 0.25) is 10.0 Å². The molecule has 0 atom stereocenters. The van der Waals surface area contributed by atoms with Gasteiger partial charge in [0.25, 0.3) is 5.91 Å². The summed E-state index contributed by atoms with van der Waals surface area (Å²) in [6, 6.07) is 7.99. The Kier molecular flexibility index (Phi) is 5.79. The molecule has 1 saturated heterocycles. The number of imidazole rings is 1. The highest BCUT2D eigenvalue weighted by Crippen LogP contribution is 2.32. The number of carbonyl (C=O) groups excluding carboxylic acids is 1. The van der Waals surface area contributed by atoms with Crippen LogP contribution in [0.2, 0.25) is 10.0 Å². The zero-order valence-electron chi connectivity index (χ0n) is 15.6. The first-order valence-corrected chi connectivity index (χ1v) is 11.3. The maximum Gasteiger partial charge on any atom is 0.255 e. The van der Waals surface area contributed by atoms with E-state index in [9.17, 15) is 13.2 Å². The number of nitrogens with zero attached hydrogens (tertiary/aromatic N) is 5.